The molecule has 7 heteroatoms. The molecule has 0 aliphatic rings. The van der Waals surface area contributed by atoms with E-state index in [1.807, 2.05) is 32.4 Å². The van der Waals surface area contributed by atoms with Crippen molar-refractivity contribution in [2.24, 2.45) is 0 Å². The van der Waals surface area contributed by atoms with E-state index in [1.54, 1.807) is 18.2 Å². The van der Waals surface area contributed by atoms with Crippen molar-refractivity contribution in [2.45, 2.75) is 40.7 Å². The Kier molecular flexibility index (Phi) is 7.50. The number of amides is 1. The van der Waals surface area contributed by atoms with Crippen LogP contribution >= 0.6 is 15.9 Å². The molecule has 6 nitrogen and oxygen atoms in total. The van der Waals surface area contributed by atoms with Gasteiger partial charge in [0.2, 0.25) is 0 Å². The summed E-state index contributed by atoms with van der Waals surface area (Å²) in [6.07, 6.45) is 0.801. The predicted molar refractivity (Wildman–Crippen MR) is 105 cm³/mol. The van der Waals surface area contributed by atoms with E-state index in [-0.39, 0.29) is 5.91 Å². The Bertz CT molecular complexity index is 759. The zero-order chi connectivity index (χ0) is 19.1. The third-order valence-electron chi connectivity index (χ3n) is 3.93. The van der Waals surface area contributed by atoms with Crippen LogP contribution in [-0.4, -0.2) is 35.4 Å². The third kappa shape index (κ3) is 5.00. The summed E-state index contributed by atoms with van der Waals surface area (Å²) in [5, 5.41) is 7.41. The van der Waals surface area contributed by atoms with Gasteiger partial charge >= 0.3 is 0 Å². The van der Waals surface area contributed by atoms with Crippen molar-refractivity contribution in [3.05, 3.63) is 39.6 Å². The highest BCUT2D eigenvalue weighted by Crippen LogP contribution is 2.28. The molecule has 0 saturated carbocycles. The molecule has 1 aromatic heterocycles. The van der Waals surface area contributed by atoms with E-state index in [1.165, 1.54) is 0 Å². The largest absolute Gasteiger partial charge is 0.490 e. The summed E-state index contributed by atoms with van der Waals surface area (Å²) in [6.45, 7) is 10.2. The summed E-state index contributed by atoms with van der Waals surface area (Å²) in [4.78, 5) is 12.4. The van der Waals surface area contributed by atoms with Crippen LogP contribution in [0.5, 0.6) is 11.5 Å². The molecule has 1 N–H and O–H groups in total. The lowest BCUT2D eigenvalue weighted by Crippen LogP contribution is -2.25. The predicted octanol–water partition coefficient (Wildman–Crippen LogP) is 3.88. The Balaban J connectivity index is 1.91. The molecule has 0 saturated heterocycles. The molecule has 0 aliphatic heterocycles. The smallest absolute Gasteiger partial charge is 0.251 e. The number of halogens is 1. The molecule has 0 aliphatic carbocycles. The summed E-state index contributed by atoms with van der Waals surface area (Å²) in [6, 6.07) is 5.25. The molecule has 0 spiro atoms. The number of benzene rings is 1. The molecule has 0 fully saturated rings. The number of rotatable bonds is 9. The Morgan fingerprint density at radius 1 is 1.19 bits per heavy atom. The number of hydrogen-bond donors (Lipinski definition) is 1. The first-order valence-electron chi connectivity index (χ1n) is 8.85. The van der Waals surface area contributed by atoms with Gasteiger partial charge in [-0.25, -0.2) is 0 Å². The Labute approximate surface area is 163 Å². The monoisotopic (exact) mass is 423 g/mol. The number of carbonyl (C=O) groups is 1. The second-order valence-electron chi connectivity index (χ2n) is 5.84. The molecule has 0 bridgehead atoms. The van der Waals surface area contributed by atoms with Crippen molar-refractivity contribution < 1.29 is 14.3 Å². The van der Waals surface area contributed by atoms with Crippen molar-refractivity contribution >= 4 is 21.8 Å². The minimum Gasteiger partial charge on any atom is -0.490 e. The maximum absolute atomic E-state index is 12.4. The summed E-state index contributed by atoms with van der Waals surface area (Å²) < 4.78 is 14.1. The van der Waals surface area contributed by atoms with Crippen LogP contribution in [0.15, 0.2) is 22.7 Å². The maximum atomic E-state index is 12.4. The Morgan fingerprint density at radius 3 is 2.50 bits per heavy atom. The van der Waals surface area contributed by atoms with Gasteiger partial charge in [0, 0.05) is 24.3 Å². The first kappa shape index (κ1) is 20.3. The van der Waals surface area contributed by atoms with Crippen LogP contribution in [0, 0.1) is 13.8 Å². The molecule has 1 amide bonds. The molecular weight excluding hydrogens is 398 g/mol. The number of aromatic nitrogens is 2. The van der Waals surface area contributed by atoms with Gasteiger partial charge in [-0.15, -0.1) is 0 Å². The lowest BCUT2D eigenvalue weighted by Gasteiger charge is -2.12. The standard InChI is InChI=1S/C19H26BrN3O3/c1-5-25-16-9-8-15(12-17(16)26-6-2)19(24)21-10-7-11-23-14(4)18(20)13(3)22-23/h8-9,12H,5-7,10-11H2,1-4H3,(H,21,24). The van der Waals surface area contributed by atoms with E-state index in [0.717, 1.165) is 28.8 Å². The average Bonchev–Trinajstić information content (AvgIpc) is 2.87. The summed E-state index contributed by atoms with van der Waals surface area (Å²) in [5.74, 6) is 1.12. The van der Waals surface area contributed by atoms with Gasteiger partial charge in [0.15, 0.2) is 11.5 Å². The topological polar surface area (TPSA) is 65.4 Å². The molecule has 0 radical (unpaired) electrons. The molecule has 0 unspecified atom stereocenters. The highest BCUT2D eigenvalue weighted by molar-refractivity contribution is 9.10. The van der Waals surface area contributed by atoms with Crippen molar-refractivity contribution in [3.63, 3.8) is 0 Å². The summed E-state index contributed by atoms with van der Waals surface area (Å²) in [7, 11) is 0. The molecule has 1 heterocycles. The Morgan fingerprint density at radius 2 is 1.88 bits per heavy atom. The molecule has 26 heavy (non-hydrogen) atoms. The lowest BCUT2D eigenvalue weighted by molar-refractivity contribution is 0.0952. The van der Waals surface area contributed by atoms with Crippen molar-refractivity contribution in [1.82, 2.24) is 15.1 Å². The molecule has 2 rings (SSSR count). The van der Waals surface area contributed by atoms with Crippen LogP contribution in [0.2, 0.25) is 0 Å². The zero-order valence-corrected chi connectivity index (χ0v) is 17.4. The van der Waals surface area contributed by atoms with E-state index in [4.69, 9.17) is 9.47 Å². The highest BCUT2D eigenvalue weighted by Gasteiger charge is 2.12. The SMILES string of the molecule is CCOc1ccc(C(=O)NCCCn2nc(C)c(Br)c2C)cc1OCC. The van der Waals surface area contributed by atoms with Crippen molar-refractivity contribution in [3.8, 4) is 11.5 Å². The first-order chi connectivity index (χ1) is 12.5. The average molecular weight is 424 g/mol. The van der Waals surface area contributed by atoms with Crippen LogP contribution < -0.4 is 14.8 Å². The number of ether oxygens (including phenoxy) is 2. The minimum absolute atomic E-state index is 0.122. The van der Waals surface area contributed by atoms with E-state index >= 15 is 0 Å². The van der Waals surface area contributed by atoms with Crippen LogP contribution in [0.1, 0.15) is 42.0 Å². The van der Waals surface area contributed by atoms with E-state index in [9.17, 15) is 4.79 Å². The lowest BCUT2D eigenvalue weighted by atomic mass is 10.2. The number of nitrogens with one attached hydrogen (secondary N) is 1. The van der Waals surface area contributed by atoms with Crippen LogP contribution in [0.4, 0.5) is 0 Å². The number of carbonyl (C=O) groups excluding carboxylic acids is 1. The van der Waals surface area contributed by atoms with Crippen LogP contribution in [0.25, 0.3) is 0 Å². The number of nitrogens with zero attached hydrogens (tertiary/aromatic N) is 2. The van der Waals surface area contributed by atoms with Gasteiger partial charge in [-0.3, -0.25) is 9.48 Å². The molecule has 1 aromatic carbocycles. The van der Waals surface area contributed by atoms with Gasteiger partial charge in [0.05, 0.1) is 23.4 Å². The van der Waals surface area contributed by atoms with Gasteiger partial charge in [0.25, 0.3) is 5.91 Å². The van der Waals surface area contributed by atoms with Crippen molar-refractivity contribution in [1.29, 1.82) is 0 Å². The highest BCUT2D eigenvalue weighted by atomic mass is 79.9. The zero-order valence-electron chi connectivity index (χ0n) is 15.8. The summed E-state index contributed by atoms with van der Waals surface area (Å²) >= 11 is 3.52. The van der Waals surface area contributed by atoms with E-state index < -0.39 is 0 Å². The molecular formula is C19H26BrN3O3. The summed E-state index contributed by atoms with van der Waals surface area (Å²) in [5.41, 5.74) is 2.64. The second kappa shape index (κ2) is 9.62. The van der Waals surface area contributed by atoms with Gasteiger partial charge < -0.3 is 14.8 Å². The molecule has 2 aromatic rings. The first-order valence-corrected chi connectivity index (χ1v) is 9.64. The second-order valence-corrected chi connectivity index (χ2v) is 6.64. The molecule has 142 valence electrons. The number of hydrogen-bond acceptors (Lipinski definition) is 4. The fourth-order valence-corrected chi connectivity index (χ4v) is 2.90. The maximum Gasteiger partial charge on any atom is 0.251 e. The van der Waals surface area contributed by atoms with Crippen LogP contribution in [-0.2, 0) is 6.54 Å². The normalized spacial score (nSPS) is 10.7. The van der Waals surface area contributed by atoms with Gasteiger partial charge in [0.1, 0.15) is 0 Å². The van der Waals surface area contributed by atoms with E-state index in [2.05, 4.69) is 26.3 Å². The van der Waals surface area contributed by atoms with E-state index in [0.29, 0.717) is 36.8 Å². The van der Waals surface area contributed by atoms with Crippen LogP contribution in [0.3, 0.4) is 0 Å². The number of aryl methyl sites for hydroxylation is 2. The van der Waals surface area contributed by atoms with Gasteiger partial charge in [-0.05, 0) is 68.2 Å². The quantitative estimate of drug-likeness (QED) is 0.621. The fourth-order valence-electron chi connectivity index (χ4n) is 2.62. The van der Waals surface area contributed by atoms with Crippen molar-refractivity contribution in [2.75, 3.05) is 19.8 Å². The Hall–Kier alpha value is -2.02. The fraction of sp³-hybridized carbons (Fsp3) is 0.474. The van der Waals surface area contributed by atoms with Gasteiger partial charge in [-0.2, -0.15) is 5.10 Å². The minimum atomic E-state index is -0.122. The molecule has 0 atom stereocenters. The van der Waals surface area contributed by atoms with Gasteiger partial charge in [-0.1, -0.05) is 0 Å². The third-order valence-corrected chi connectivity index (χ3v) is 5.08.